The monoisotopic (exact) mass is 470 g/mol. The van der Waals surface area contributed by atoms with Gasteiger partial charge in [0.15, 0.2) is 0 Å². The van der Waals surface area contributed by atoms with Gasteiger partial charge in [-0.25, -0.2) is 0 Å². The summed E-state index contributed by atoms with van der Waals surface area (Å²) in [5.74, 6) is 2.01. The van der Waals surface area contributed by atoms with Crippen LogP contribution < -0.4 is 0 Å². The van der Waals surface area contributed by atoms with E-state index in [0.29, 0.717) is 17.3 Å². The van der Waals surface area contributed by atoms with Gasteiger partial charge in [0.1, 0.15) is 6.10 Å². The van der Waals surface area contributed by atoms with Gasteiger partial charge in [-0.3, -0.25) is 4.79 Å². The summed E-state index contributed by atoms with van der Waals surface area (Å²) < 4.78 is 5.74. The molecule has 3 aliphatic carbocycles. The van der Waals surface area contributed by atoms with E-state index in [9.17, 15) is 9.90 Å². The predicted octanol–water partition coefficient (Wildman–Crippen LogP) is 7.94. The first-order valence-corrected chi connectivity index (χ1v) is 13.9. The minimum atomic E-state index is -0.550. The highest BCUT2D eigenvalue weighted by Gasteiger charge is 2.50. The van der Waals surface area contributed by atoms with Crippen LogP contribution in [0.5, 0.6) is 0 Å². The van der Waals surface area contributed by atoms with E-state index in [1.807, 2.05) is 27.7 Å². The average molecular weight is 471 g/mol. The van der Waals surface area contributed by atoms with Crippen LogP contribution in [0.25, 0.3) is 0 Å². The Labute approximate surface area is 209 Å². The highest BCUT2D eigenvalue weighted by molar-refractivity contribution is 5.71. The van der Waals surface area contributed by atoms with Crippen molar-refractivity contribution in [3.05, 3.63) is 35.5 Å². The van der Waals surface area contributed by atoms with Crippen LogP contribution >= 0.6 is 0 Å². The van der Waals surface area contributed by atoms with Gasteiger partial charge in [0.2, 0.25) is 0 Å². The van der Waals surface area contributed by atoms with Crippen LogP contribution in [-0.2, 0) is 9.53 Å². The second-order valence-electron chi connectivity index (χ2n) is 12.8. The molecule has 3 heteroatoms. The molecule has 0 spiro atoms. The fraction of sp³-hybridized carbons (Fsp3) is 0.774. The molecule has 0 heterocycles. The summed E-state index contributed by atoms with van der Waals surface area (Å²) in [5, 5.41) is 10.1. The smallest absolute Gasteiger partial charge is 0.308 e. The summed E-state index contributed by atoms with van der Waals surface area (Å²) in [7, 11) is 0. The molecule has 34 heavy (non-hydrogen) atoms. The van der Waals surface area contributed by atoms with Gasteiger partial charge in [-0.2, -0.15) is 0 Å². The molecular weight excluding hydrogens is 420 g/mol. The van der Waals surface area contributed by atoms with E-state index >= 15 is 0 Å². The molecule has 3 nitrogen and oxygen atoms in total. The van der Waals surface area contributed by atoms with E-state index in [4.69, 9.17) is 4.74 Å². The minimum Gasteiger partial charge on any atom is -0.462 e. The Balaban J connectivity index is 1.67. The van der Waals surface area contributed by atoms with Crippen molar-refractivity contribution in [1.82, 2.24) is 0 Å². The SMILES string of the molecule is C=C1CC[C@H](OC(=O)C(C)C)C/C1=C/C=C1CCC[C@@]2(C)C1CC[C@@H]2[C@H](C)CCCC(C)(C)O. The lowest BCUT2D eigenvalue weighted by atomic mass is 9.60. The standard InChI is InChI=1S/C31H50O3/c1-21(2)29(32)34-26-15-12-22(3)25(20-26)14-13-24-11-9-19-31(7)27(16-17-28(24)31)23(4)10-8-18-30(5,6)33/h13-14,21,23,26-28,33H,3,8-12,15-20H2,1-2,4-7H3/b24-13?,25-14-/t23-,26+,27-,28?,31-/m1/s1. The normalized spacial score (nSPS) is 33.4. The molecule has 0 radical (unpaired) electrons. The Hall–Kier alpha value is -1.35. The number of hydrogen-bond acceptors (Lipinski definition) is 3. The molecule has 3 aliphatic rings. The fourth-order valence-electron chi connectivity index (χ4n) is 7.05. The Morgan fingerprint density at radius 3 is 2.62 bits per heavy atom. The third kappa shape index (κ3) is 6.65. The van der Waals surface area contributed by atoms with Crippen LogP contribution in [0.15, 0.2) is 35.5 Å². The first-order chi connectivity index (χ1) is 15.9. The molecule has 0 saturated heterocycles. The van der Waals surface area contributed by atoms with Crippen molar-refractivity contribution in [2.24, 2.45) is 29.1 Å². The first kappa shape index (κ1) is 27.2. The van der Waals surface area contributed by atoms with Crippen LogP contribution in [0.2, 0.25) is 0 Å². The molecule has 192 valence electrons. The van der Waals surface area contributed by atoms with Crippen LogP contribution in [-0.4, -0.2) is 22.8 Å². The van der Waals surface area contributed by atoms with E-state index in [1.54, 1.807) is 5.57 Å². The van der Waals surface area contributed by atoms with Crippen molar-refractivity contribution in [2.45, 2.75) is 124 Å². The zero-order valence-corrected chi connectivity index (χ0v) is 22.8. The Morgan fingerprint density at radius 1 is 1.21 bits per heavy atom. The number of ether oxygens (including phenoxy) is 1. The van der Waals surface area contributed by atoms with Crippen molar-refractivity contribution < 1.29 is 14.6 Å². The number of esters is 1. The second-order valence-corrected chi connectivity index (χ2v) is 12.8. The molecule has 1 unspecified atom stereocenters. The predicted molar refractivity (Wildman–Crippen MR) is 141 cm³/mol. The molecule has 0 bridgehead atoms. The third-order valence-corrected chi connectivity index (χ3v) is 9.10. The van der Waals surface area contributed by atoms with Crippen LogP contribution in [0.1, 0.15) is 112 Å². The molecule has 3 rings (SSSR count). The molecule has 0 aromatic heterocycles. The number of carbonyl (C=O) groups excluding carboxylic acids is 1. The number of rotatable bonds is 8. The van der Waals surface area contributed by atoms with Crippen molar-refractivity contribution in [1.29, 1.82) is 0 Å². The summed E-state index contributed by atoms with van der Waals surface area (Å²) >= 11 is 0. The molecule has 0 aromatic carbocycles. The van der Waals surface area contributed by atoms with Gasteiger partial charge in [0.25, 0.3) is 0 Å². The minimum absolute atomic E-state index is 0.0118. The molecule has 1 N–H and O–H groups in total. The molecule has 3 saturated carbocycles. The highest BCUT2D eigenvalue weighted by Crippen LogP contribution is 2.60. The van der Waals surface area contributed by atoms with E-state index in [-0.39, 0.29) is 18.0 Å². The number of hydrogen-bond donors (Lipinski definition) is 1. The van der Waals surface area contributed by atoms with Gasteiger partial charge in [-0.15, -0.1) is 0 Å². The molecule has 0 amide bonds. The number of aliphatic hydroxyl groups is 1. The maximum Gasteiger partial charge on any atom is 0.308 e. The van der Waals surface area contributed by atoms with Gasteiger partial charge < -0.3 is 9.84 Å². The summed E-state index contributed by atoms with van der Waals surface area (Å²) in [4.78, 5) is 12.1. The maximum absolute atomic E-state index is 12.1. The van der Waals surface area contributed by atoms with Crippen LogP contribution in [0, 0.1) is 29.1 Å². The van der Waals surface area contributed by atoms with Gasteiger partial charge in [-0.05, 0) is 94.0 Å². The van der Waals surface area contributed by atoms with Gasteiger partial charge in [0.05, 0.1) is 11.5 Å². The van der Waals surface area contributed by atoms with Crippen LogP contribution in [0.3, 0.4) is 0 Å². The summed E-state index contributed by atoms with van der Waals surface area (Å²) in [6.45, 7) is 17.0. The zero-order chi connectivity index (χ0) is 25.1. The molecule has 0 aliphatic heterocycles. The van der Waals surface area contributed by atoms with E-state index in [2.05, 4.69) is 32.6 Å². The van der Waals surface area contributed by atoms with Gasteiger partial charge >= 0.3 is 5.97 Å². The lowest BCUT2D eigenvalue weighted by Crippen LogP contribution is -2.36. The number of allylic oxidation sites excluding steroid dienone is 4. The Kier molecular flexibility index (Phi) is 8.93. The first-order valence-electron chi connectivity index (χ1n) is 13.9. The Bertz CT molecular complexity index is 796. The lowest BCUT2D eigenvalue weighted by Gasteiger charge is -2.44. The third-order valence-electron chi connectivity index (χ3n) is 9.10. The number of fused-ring (bicyclic) bond motifs is 1. The van der Waals surface area contributed by atoms with E-state index in [0.717, 1.165) is 38.0 Å². The summed E-state index contributed by atoms with van der Waals surface area (Å²) in [6.07, 6.45) is 17.0. The summed E-state index contributed by atoms with van der Waals surface area (Å²) in [6, 6.07) is 0. The van der Waals surface area contributed by atoms with Crippen LogP contribution in [0.4, 0.5) is 0 Å². The molecule has 0 aromatic rings. The maximum atomic E-state index is 12.1. The van der Waals surface area contributed by atoms with Gasteiger partial charge in [-0.1, -0.05) is 70.4 Å². The van der Waals surface area contributed by atoms with E-state index < -0.39 is 5.60 Å². The topological polar surface area (TPSA) is 46.5 Å². The van der Waals surface area contributed by atoms with Crippen molar-refractivity contribution in [3.8, 4) is 0 Å². The average Bonchev–Trinajstić information content (AvgIpc) is 3.10. The lowest BCUT2D eigenvalue weighted by molar-refractivity contribution is -0.153. The summed E-state index contributed by atoms with van der Waals surface area (Å²) in [5.41, 5.74) is 3.95. The van der Waals surface area contributed by atoms with Crippen molar-refractivity contribution in [3.63, 3.8) is 0 Å². The van der Waals surface area contributed by atoms with Crippen molar-refractivity contribution in [2.75, 3.05) is 0 Å². The van der Waals surface area contributed by atoms with Crippen molar-refractivity contribution >= 4 is 5.97 Å². The molecule has 3 fully saturated rings. The quantitative estimate of drug-likeness (QED) is 0.366. The second kappa shape index (κ2) is 11.1. The molecular formula is C31H50O3. The fourth-order valence-corrected chi connectivity index (χ4v) is 7.05. The molecule has 5 atom stereocenters. The Morgan fingerprint density at radius 2 is 1.94 bits per heavy atom. The van der Waals surface area contributed by atoms with E-state index in [1.165, 1.54) is 49.7 Å². The number of carbonyl (C=O) groups is 1. The van der Waals surface area contributed by atoms with Gasteiger partial charge in [0, 0.05) is 6.42 Å². The largest absolute Gasteiger partial charge is 0.462 e. The zero-order valence-electron chi connectivity index (χ0n) is 22.8. The highest BCUT2D eigenvalue weighted by atomic mass is 16.5.